The first-order valence-electron chi connectivity index (χ1n) is 8.68. The largest absolute Gasteiger partial charge is 0.465 e. The molecule has 8 heteroatoms. The predicted octanol–water partition coefficient (Wildman–Crippen LogP) is 2.15. The normalized spacial score (nSPS) is 15.7. The summed E-state index contributed by atoms with van der Waals surface area (Å²) < 4.78 is 4.75. The first-order valence-corrected chi connectivity index (χ1v) is 9.67. The standard InChI is InChI=1S/C19H21N3O4S/c1-11-16(18(24)26-2)17(22-19(25)20-11)27-10-15(23)21-14-9-5-7-12-6-3-4-8-13(12)14/h3-4,6,8,14H,5,7,9-10H2,1-2H3,(H,21,23)(H,20,22,25)/t14-/m0/s1. The molecule has 27 heavy (non-hydrogen) atoms. The van der Waals surface area contributed by atoms with Crippen LogP contribution in [-0.4, -0.2) is 34.7 Å². The first-order chi connectivity index (χ1) is 13.0. The number of nitrogens with zero attached hydrogens (tertiary/aromatic N) is 1. The van der Waals surface area contributed by atoms with Crippen molar-refractivity contribution in [1.29, 1.82) is 0 Å². The van der Waals surface area contributed by atoms with E-state index < -0.39 is 11.7 Å². The van der Waals surface area contributed by atoms with Crippen molar-refractivity contribution in [1.82, 2.24) is 15.3 Å². The maximum Gasteiger partial charge on any atom is 0.346 e. The van der Waals surface area contributed by atoms with E-state index in [1.807, 2.05) is 18.2 Å². The molecule has 0 fully saturated rings. The fourth-order valence-electron chi connectivity index (χ4n) is 3.28. The van der Waals surface area contributed by atoms with E-state index in [9.17, 15) is 14.4 Å². The molecule has 1 aliphatic carbocycles. The van der Waals surface area contributed by atoms with E-state index >= 15 is 0 Å². The SMILES string of the molecule is COC(=O)c1c(SCC(=O)N[C@H]2CCCc3ccccc32)nc(=O)[nH]c1C. The summed E-state index contributed by atoms with van der Waals surface area (Å²) in [6.07, 6.45) is 2.94. The van der Waals surface area contributed by atoms with Crippen LogP contribution in [0.2, 0.25) is 0 Å². The van der Waals surface area contributed by atoms with E-state index in [0.717, 1.165) is 36.6 Å². The summed E-state index contributed by atoms with van der Waals surface area (Å²) in [5.41, 5.74) is 2.40. The van der Waals surface area contributed by atoms with E-state index in [2.05, 4.69) is 21.4 Å². The molecule has 1 atom stereocenters. The Kier molecular flexibility index (Phi) is 5.95. The lowest BCUT2D eigenvalue weighted by Crippen LogP contribution is -2.32. The molecule has 0 bridgehead atoms. The van der Waals surface area contributed by atoms with Crippen molar-refractivity contribution in [2.24, 2.45) is 0 Å². The van der Waals surface area contributed by atoms with Crippen molar-refractivity contribution in [2.45, 2.75) is 37.3 Å². The van der Waals surface area contributed by atoms with Gasteiger partial charge >= 0.3 is 11.7 Å². The molecule has 1 amide bonds. The molecule has 0 saturated carbocycles. The molecular weight excluding hydrogens is 366 g/mol. The van der Waals surface area contributed by atoms with Gasteiger partial charge in [-0.15, -0.1) is 0 Å². The van der Waals surface area contributed by atoms with Crippen LogP contribution in [-0.2, 0) is 16.0 Å². The number of fused-ring (bicyclic) bond motifs is 1. The fourth-order valence-corrected chi connectivity index (χ4v) is 4.16. The monoisotopic (exact) mass is 387 g/mol. The Hall–Kier alpha value is -2.61. The zero-order chi connectivity index (χ0) is 19.4. The number of ether oxygens (including phenoxy) is 1. The van der Waals surface area contributed by atoms with E-state index in [0.29, 0.717) is 5.69 Å². The number of thioether (sulfide) groups is 1. The zero-order valence-corrected chi connectivity index (χ0v) is 16.0. The number of rotatable bonds is 5. The van der Waals surface area contributed by atoms with Crippen LogP contribution in [0.25, 0.3) is 0 Å². The number of aromatic nitrogens is 2. The van der Waals surface area contributed by atoms with Crippen LogP contribution in [0.3, 0.4) is 0 Å². The fraction of sp³-hybridized carbons (Fsp3) is 0.368. The van der Waals surface area contributed by atoms with Gasteiger partial charge in [0.25, 0.3) is 0 Å². The van der Waals surface area contributed by atoms with Gasteiger partial charge in [0.05, 0.1) is 18.9 Å². The number of carbonyl (C=O) groups excluding carboxylic acids is 2. The molecule has 7 nitrogen and oxygen atoms in total. The van der Waals surface area contributed by atoms with Crippen molar-refractivity contribution >= 4 is 23.6 Å². The van der Waals surface area contributed by atoms with Crippen LogP contribution < -0.4 is 11.0 Å². The molecule has 0 saturated heterocycles. The van der Waals surface area contributed by atoms with Crippen LogP contribution in [0, 0.1) is 6.92 Å². The number of hydrogen-bond donors (Lipinski definition) is 2. The number of nitrogens with one attached hydrogen (secondary N) is 2. The summed E-state index contributed by atoms with van der Waals surface area (Å²) in [6.45, 7) is 1.60. The summed E-state index contributed by atoms with van der Waals surface area (Å²) in [6, 6.07) is 8.10. The average molecular weight is 387 g/mol. The molecule has 0 aliphatic heterocycles. The van der Waals surface area contributed by atoms with Gasteiger partial charge in [0.2, 0.25) is 5.91 Å². The minimum absolute atomic E-state index is 0.0167. The minimum Gasteiger partial charge on any atom is -0.465 e. The molecule has 0 spiro atoms. The average Bonchev–Trinajstić information content (AvgIpc) is 2.65. The summed E-state index contributed by atoms with van der Waals surface area (Å²) >= 11 is 1.05. The quantitative estimate of drug-likeness (QED) is 0.463. The second-order valence-electron chi connectivity index (χ2n) is 6.34. The van der Waals surface area contributed by atoms with E-state index in [-0.39, 0.29) is 28.3 Å². The molecule has 2 N–H and O–H groups in total. The van der Waals surface area contributed by atoms with E-state index in [1.54, 1.807) is 6.92 Å². The molecule has 1 aromatic carbocycles. The molecule has 1 heterocycles. The van der Waals surface area contributed by atoms with Crippen LogP contribution in [0.5, 0.6) is 0 Å². The number of esters is 1. The highest BCUT2D eigenvalue weighted by Crippen LogP contribution is 2.29. The third kappa shape index (κ3) is 4.39. The number of hydrogen-bond acceptors (Lipinski definition) is 6. The van der Waals surface area contributed by atoms with Crippen molar-refractivity contribution in [3.63, 3.8) is 0 Å². The first kappa shape index (κ1) is 19.2. The highest BCUT2D eigenvalue weighted by Gasteiger charge is 2.23. The van der Waals surface area contributed by atoms with Gasteiger partial charge in [-0.05, 0) is 37.3 Å². The summed E-state index contributed by atoms with van der Waals surface area (Å²) in [5, 5.41) is 3.24. The Balaban J connectivity index is 1.70. The minimum atomic E-state index is -0.597. The number of amides is 1. The maximum atomic E-state index is 12.5. The number of carbonyl (C=O) groups is 2. The molecule has 1 aromatic heterocycles. The van der Waals surface area contributed by atoms with Gasteiger partial charge in [0, 0.05) is 5.69 Å². The Morgan fingerprint density at radius 1 is 1.37 bits per heavy atom. The van der Waals surface area contributed by atoms with Gasteiger partial charge in [-0.1, -0.05) is 36.0 Å². The Morgan fingerprint density at radius 3 is 2.93 bits per heavy atom. The number of H-pyrrole nitrogens is 1. The van der Waals surface area contributed by atoms with Crippen molar-refractivity contribution in [3.05, 3.63) is 57.1 Å². The van der Waals surface area contributed by atoms with Crippen LogP contribution in [0.4, 0.5) is 0 Å². The molecule has 3 rings (SSSR count). The van der Waals surface area contributed by atoms with Gasteiger partial charge in [-0.25, -0.2) is 9.59 Å². The summed E-state index contributed by atoms with van der Waals surface area (Å²) in [7, 11) is 1.26. The molecule has 1 aliphatic rings. The molecule has 0 radical (unpaired) electrons. The topological polar surface area (TPSA) is 101 Å². The maximum absolute atomic E-state index is 12.5. The number of methoxy groups -OCH3 is 1. The Bertz CT molecular complexity index is 925. The third-order valence-electron chi connectivity index (χ3n) is 4.52. The highest BCUT2D eigenvalue weighted by molar-refractivity contribution is 8.00. The van der Waals surface area contributed by atoms with Gasteiger partial charge in [0.15, 0.2) is 0 Å². The summed E-state index contributed by atoms with van der Waals surface area (Å²) in [4.78, 5) is 42.4. The van der Waals surface area contributed by atoms with E-state index in [1.165, 1.54) is 12.7 Å². The van der Waals surface area contributed by atoms with Gasteiger partial charge in [-0.3, -0.25) is 4.79 Å². The number of aromatic amines is 1. The van der Waals surface area contributed by atoms with Gasteiger partial charge in [-0.2, -0.15) is 4.98 Å². The van der Waals surface area contributed by atoms with Gasteiger partial charge in [0.1, 0.15) is 10.6 Å². The second kappa shape index (κ2) is 8.39. The molecule has 0 unspecified atom stereocenters. The molecule has 142 valence electrons. The summed E-state index contributed by atoms with van der Waals surface area (Å²) in [5.74, 6) is -0.712. The second-order valence-corrected chi connectivity index (χ2v) is 7.30. The molecule has 2 aromatic rings. The van der Waals surface area contributed by atoms with Crippen LogP contribution in [0.15, 0.2) is 34.1 Å². The lowest BCUT2D eigenvalue weighted by atomic mass is 9.88. The third-order valence-corrected chi connectivity index (χ3v) is 5.50. The smallest absolute Gasteiger partial charge is 0.346 e. The zero-order valence-electron chi connectivity index (χ0n) is 15.2. The van der Waals surface area contributed by atoms with Gasteiger partial charge < -0.3 is 15.0 Å². The lowest BCUT2D eigenvalue weighted by Gasteiger charge is -2.26. The highest BCUT2D eigenvalue weighted by atomic mass is 32.2. The van der Waals surface area contributed by atoms with Crippen LogP contribution in [0.1, 0.15) is 46.1 Å². The van der Waals surface area contributed by atoms with Crippen molar-refractivity contribution < 1.29 is 14.3 Å². The number of aryl methyl sites for hydroxylation is 2. The van der Waals surface area contributed by atoms with E-state index in [4.69, 9.17) is 4.74 Å². The van der Waals surface area contributed by atoms with Crippen molar-refractivity contribution in [2.75, 3.05) is 12.9 Å². The van der Waals surface area contributed by atoms with Crippen LogP contribution >= 0.6 is 11.8 Å². The number of benzene rings is 1. The predicted molar refractivity (Wildman–Crippen MR) is 102 cm³/mol. The Labute approximate surface area is 160 Å². The van der Waals surface area contributed by atoms with Crippen molar-refractivity contribution in [3.8, 4) is 0 Å². The molecular formula is C19H21N3O4S. The lowest BCUT2D eigenvalue weighted by molar-refractivity contribution is -0.119. The Morgan fingerprint density at radius 2 is 2.15 bits per heavy atom.